The zero-order valence-corrected chi connectivity index (χ0v) is 18.6. The van der Waals surface area contributed by atoms with Gasteiger partial charge in [0.15, 0.2) is 11.3 Å². The fraction of sp³-hybridized carbons (Fsp3) is 0.545. The number of hydrogen-bond acceptors (Lipinski definition) is 5. The fourth-order valence-electron chi connectivity index (χ4n) is 4.92. The van der Waals surface area contributed by atoms with Crippen molar-refractivity contribution in [1.29, 1.82) is 0 Å². The highest BCUT2D eigenvalue weighted by atomic mass is 19.4. The van der Waals surface area contributed by atoms with Crippen LogP contribution in [0, 0.1) is 6.92 Å². The van der Waals surface area contributed by atoms with Crippen molar-refractivity contribution in [2.45, 2.75) is 51.2 Å². The van der Waals surface area contributed by atoms with Gasteiger partial charge in [-0.3, -0.25) is 9.48 Å². The quantitative estimate of drug-likeness (QED) is 0.594. The zero-order chi connectivity index (χ0) is 23.3. The predicted octanol–water partition coefficient (Wildman–Crippen LogP) is 3.76. The molecule has 5 rings (SSSR count). The van der Waals surface area contributed by atoms with Crippen LogP contribution in [0.4, 0.5) is 19.0 Å². The summed E-state index contributed by atoms with van der Waals surface area (Å²) in [6.07, 6.45) is 2.89. The van der Waals surface area contributed by atoms with Crippen molar-refractivity contribution in [3.8, 4) is 0 Å². The summed E-state index contributed by atoms with van der Waals surface area (Å²) < 4.78 is 43.2. The minimum atomic E-state index is -4.70. The predicted molar refractivity (Wildman–Crippen MR) is 115 cm³/mol. The van der Waals surface area contributed by atoms with E-state index < -0.39 is 29.4 Å². The van der Waals surface area contributed by atoms with Crippen molar-refractivity contribution < 1.29 is 18.0 Å². The van der Waals surface area contributed by atoms with Crippen LogP contribution in [0.3, 0.4) is 0 Å². The molecule has 2 aliphatic rings. The first-order valence-corrected chi connectivity index (χ1v) is 11.3. The molecule has 8 nitrogen and oxygen atoms in total. The van der Waals surface area contributed by atoms with Crippen molar-refractivity contribution >= 4 is 17.4 Å². The van der Waals surface area contributed by atoms with Gasteiger partial charge in [0.05, 0.1) is 17.3 Å². The summed E-state index contributed by atoms with van der Waals surface area (Å²) >= 11 is 0. The Morgan fingerprint density at radius 2 is 1.79 bits per heavy atom. The maximum absolute atomic E-state index is 13.5. The van der Waals surface area contributed by atoms with Gasteiger partial charge in [0.25, 0.3) is 5.91 Å². The highest BCUT2D eigenvalue weighted by Gasteiger charge is 2.41. The number of halogens is 3. The van der Waals surface area contributed by atoms with E-state index in [1.165, 1.54) is 11.9 Å². The molecule has 33 heavy (non-hydrogen) atoms. The number of carbonyl (C=O) groups is 1. The molecule has 0 saturated carbocycles. The number of rotatable bonds is 3. The average Bonchev–Trinajstić information content (AvgIpc) is 3.51. The molecule has 0 bridgehead atoms. The van der Waals surface area contributed by atoms with Crippen LogP contribution in [-0.4, -0.2) is 54.8 Å². The fourth-order valence-corrected chi connectivity index (χ4v) is 4.92. The number of hydrogen-bond donors (Lipinski definition) is 0. The van der Waals surface area contributed by atoms with Gasteiger partial charge >= 0.3 is 6.18 Å². The third-order valence-electron chi connectivity index (χ3n) is 6.46. The Bertz CT molecular complexity index is 1190. The van der Waals surface area contributed by atoms with Gasteiger partial charge in [-0.25, -0.2) is 9.50 Å². The second kappa shape index (κ2) is 8.03. The van der Waals surface area contributed by atoms with E-state index in [0.29, 0.717) is 24.3 Å². The number of anilines is 1. The number of amides is 1. The lowest BCUT2D eigenvalue weighted by Crippen LogP contribution is -2.39. The van der Waals surface area contributed by atoms with Crippen LogP contribution in [0.5, 0.6) is 0 Å². The van der Waals surface area contributed by atoms with E-state index in [1.54, 1.807) is 4.52 Å². The molecular weight excluding hydrogens is 435 g/mol. The molecule has 3 aromatic rings. The lowest BCUT2D eigenvalue weighted by molar-refractivity contribution is -0.141. The molecule has 1 unspecified atom stereocenters. The molecule has 0 N–H and O–H groups in total. The number of alkyl halides is 3. The van der Waals surface area contributed by atoms with Gasteiger partial charge in [0.2, 0.25) is 0 Å². The van der Waals surface area contributed by atoms with E-state index in [-0.39, 0.29) is 0 Å². The van der Waals surface area contributed by atoms with Crippen molar-refractivity contribution in [3.63, 3.8) is 0 Å². The molecule has 11 heteroatoms. The monoisotopic (exact) mass is 461 g/mol. The molecule has 1 amide bonds. The number of carbonyl (C=O) groups excluding carboxylic acids is 1. The van der Waals surface area contributed by atoms with Gasteiger partial charge in [-0.15, -0.1) is 0 Å². The molecular formula is C22H26F3N7O. The Kier molecular flexibility index (Phi) is 5.29. The first kappa shape index (κ1) is 21.7. The minimum Gasteiger partial charge on any atom is -0.356 e. The molecule has 2 aliphatic heterocycles. The van der Waals surface area contributed by atoms with E-state index in [9.17, 15) is 18.0 Å². The zero-order valence-electron chi connectivity index (χ0n) is 18.6. The summed E-state index contributed by atoms with van der Waals surface area (Å²) in [6.45, 7) is 4.32. The van der Waals surface area contributed by atoms with Crippen LogP contribution in [0.25, 0.3) is 5.65 Å². The summed E-state index contributed by atoms with van der Waals surface area (Å²) in [5.41, 5.74) is 0.757. The van der Waals surface area contributed by atoms with Crippen LogP contribution >= 0.6 is 0 Å². The Morgan fingerprint density at radius 3 is 2.52 bits per heavy atom. The number of likely N-dealkylation sites (tertiary alicyclic amines) is 1. The first-order chi connectivity index (χ1) is 15.7. The van der Waals surface area contributed by atoms with E-state index >= 15 is 0 Å². The van der Waals surface area contributed by atoms with Crippen LogP contribution in [0.1, 0.15) is 65.5 Å². The summed E-state index contributed by atoms with van der Waals surface area (Å²) in [4.78, 5) is 21.9. The van der Waals surface area contributed by atoms with Crippen LogP contribution in [0.2, 0.25) is 0 Å². The van der Waals surface area contributed by atoms with E-state index in [1.807, 2.05) is 19.2 Å². The summed E-state index contributed by atoms with van der Waals surface area (Å²) in [5, 5.41) is 8.16. The first-order valence-electron chi connectivity index (χ1n) is 11.3. The molecule has 3 aromatic heterocycles. The van der Waals surface area contributed by atoms with Crippen LogP contribution < -0.4 is 4.90 Å². The maximum atomic E-state index is 13.5. The molecule has 0 aromatic carbocycles. The highest BCUT2D eigenvalue weighted by molar-refractivity contribution is 5.95. The van der Waals surface area contributed by atoms with Gasteiger partial charge in [-0.2, -0.15) is 23.4 Å². The number of piperidine rings is 1. The van der Waals surface area contributed by atoms with Gasteiger partial charge in [-0.05, 0) is 39.0 Å². The summed E-state index contributed by atoms with van der Waals surface area (Å²) in [6, 6.07) is 1.44. The minimum absolute atomic E-state index is 0.370. The Balaban J connectivity index is 1.49. The van der Waals surface area contributed by atoms with Gasteiger partial charge in [0, 0.05) is 50.7 Å². The Labute approximate surface area is 189 Å². The standard InChI is InChI=1S/C22H26F3N7O/c1-14-12-32-18(26-20(14)30-8-5-6-9-30)11-16(27-32)17-7-3-4-10-31(17)21(33)15-13-29(2)28-19(15)22(23,24)25/h11-13,17H,3-10H2,1-2H3. The SMILES string of the molecule is Cc1cn2nc(C3CCCCN3C(=O)c3cn(C)nc3C(F)(F)F)cc2nc1N1CCCC1. The van der Waals surface area contributed by atoms with Gasteiger partial charge < -0.3 is 9.80 Å². The van der Waals surface area contributed by atoms with Gasteiger partial charge in [0.1, 0.15) is 5.82 Å². The van der Waals surface area contributed by atoms with E-state index in [2.05, 4.69) is 15.1 Å². The van der Waals surface area contributed by atoms with Crippen LogP contribution in [0.15, 0.2) is 18.5 Å². The Morgan fingerprint density at radius 1 is 1.06 bits per heavy atom. The van der Waals surface area contributed by atoms with E-state index in [0.717, 1.165) is 61.0 Å². The second-order valence-electron chi connectivity index (χ2n) is 8.89. The lowest BCUT2D eigenvalue weighted by atomic mass is 9.98. The smallest absolute Gasteiger partial charge is 0.356 e. The molecule has 176 valence electrons. The molecule has 0 aliphatic carbocycles. The average molecular weight is 461 g/mol. The number of aromatic nitrogens is 5. The third-order valence-corrected chi connectivity index (χ3v) is 6.46. The third kappa shape index (κ3) is 3.93. The largest absolute Gasteiger partial charge is 0.435 e. The number of fused-ring (bicyclic) bond motifs is 1. The lowest BCUT2D eigenvalue weighted by Gasteiger charge is -2.34. The molecule has 1 atom stereocenters. The molecule has 2 fully saturated rings. The summed E-state index contributed by atoms with van der Waals surface area (Å²) in [5.74, 6) is 0.271. The summed E-state index contributed by atoms with van der Waals surface area (Å²) in [7, 11) is 1.38. The highest BCUT2D eigenvalue weighted by Crippen LogP contribution is 2.36. The van der Waals surface area contributed by atoms with Crippen molar-refractivity contribution in [1.82, 2.24) is 29.3 Å². The van der Waals surface area contributed by atoms with Crippen molar-refractivity contribution in [2.75, 3.05) is 24.5 Å². The second-order valence-corrected chi connectivity index (χ2v) is 8.89. The Hall–Kier alpha value is -3.11. The normalized spacial score (nSPS) is 19.6. The van der Waals surface area contributed by atoms with Crippen molar-refractivity contribution in [2.24, 2.45) is 7.05 Å². The van der Waals surface area contributed by atoms with Crippen molar-refractivity contribution in [3.05, 3.63) is 41.0 Å². The van der Waals surface area contributed by atoms with E-state index in [4.69, 9.17) is 4.98 Å². The van der Waals surface area contributed by atoms with Gasteiger partial charge in [-0.1, -0.05) is 0 Å². The number of aryl methyl sites for hydroxylation is 2. The molecule has 5 heterocycles. The topological polar surface area (TPSA) is 71.6 Å². The molecule has 0 radical (unpaired) electrons. The molecule has 2 saturated heterocycles. The maximum Gasteiger partial charge on any atom is 0.435 e. The molecule has 0 spiro atoms. The number of nitrogens with zero attached hydrogens (tertiary/aromatic N) is 7. The van der Waals surface area contributed by atoms with Crippen LogP contribution in [-0.2, 0) is 13.2 Å².